The zero-order chi connectivity index (χ0) is 33.9. The van der Waals surface area contributed by atoms with E-state index in [1.807, 2.05) is 0 Å². The Hall–Kier alpha value is -4.70. The van der Waals surface area contributed by atoms with Gasteiger partial charge in [0.15, 0.2) is 11.9 Å². The third-order valence-corrected chi connectivity index (χ3v) is 11.1. The second-order valence-corrected chi connectivity index (χ2v) is 13.8. The maximum absolute atomic E-state index is 6.85. The summed E-state index contributed by atoms with van der Waals surface area (Å²) in [5.74, 6) is 1.24. The Labute approximate surface area is 285 Å². The van der Waals surface area contributed by atoms with Crippen molar-refractivity contribution < 1.29 is 13.6 Å². The van der Waals surface area contributed by atoms with Crippen LogP contribution >= 0.6 is 0 Å². The van der Waals surface area contributed by atoms with E-state index in [-0.39, 0.29) is 5.54 Å². The number of allylic oxidation sites excluding steroid dienone is 2. The van der Waals surface area contributed by atoms with Crippen molar-refractivity contribution in [3.8, 4) is 22.6 Å². The summed E-state index contributed by atoms with van der Waals surface area (Å²) in [4.78, 5) is 0. The number of pyridine rings is 1. The van der Waals surface area contributed by atoms with Crippen LogP contribution in [0.5, 0.6) is 0 Å². The SMILES string of the molecule is C=C(CCCC)c1c(C)n2c([n+]1C)-c1ccccc1C=C(c1ccc3c(oc4ccccc43)c1-c1cc(C)c(C)c[n+]1C)C2(CC)CC. The quantitative estimate of drug-likeness (QED) is 0.153. The average Bonchev–Trinajstić information content (AvgIpc) is 3.55. The first-order valence-corrected chi connectivity index (χ1v) is 17.7. The van der Waals surface area contributed by atoms with E-state index in [0.717, 1.165) is 65.3 Å². The van der Waals surface area contributed by atoms with E-state index < -0.39 is 0 Å². The van der Waals surface area contributed by atoms with Crippen LogP contribution in [0.25, 0.3) is 61.8 Å². The molecule has 7 rings (SSSR count). The standard InChI is InChI=1S/C44H49N3O/c1-10-13-18-28(4)41-31(7)47-43(46(41)9)33-20-15-14-19-32(33)26-37(44(47,11-2)12-3)36-24-23-35-34-21-16-17-22-39(34)48-42(35)40(36)38-25-29(5)30(6)27-45(38)8/h14-17,19-27H,4,10-13,18H2,1-3,5-9H3/q+2. The number of unbranched alkanes of at least 4 members (excludes halogenated alkanes) is 1. The molecule has 0 fully saturated rings. The van der Waals surface area contributed by atoms with Gasteiger partial charge in [0.25, 0.3) is 5.82 Å². The summed E-state index contributed by atoms with van der Waals surface area (Å²) < 4.78 is 14.2. The van der Waals surface area contributed by atoms with Gasteiger partial charge in [0.1, 0.15) is 29.4 Å². The highest BCUT2D eigenvalue weighted by Crippen LogP contribution is 2.51. The van der Waals surface area contributed by atoms with Crippen molar-refractivity contribution >= 4 is 39.2 Å². The number of para-hydroxylation sites is 1. The lowest BCUT2D eigenvalue weighted by Gasteiger charge is -2.33. The molecule has 244 valence electrons. The summed E-state index contributed by atoms with van der Waals surface area (Å²) in [5.41, 5.74) is 15.1. The molecular weight excluding hydrogens is 587 g/mol. The Morgan fingerprint density at radius 2 is 1.58 bits per heavy atom. The second-order valence-electron chi connectivity index (χ2n) is 13.8. The topological polar surface area (TPSA) is 25.8 Å². The van der Waals surface area contributed by atoms with Crippen molar-refractivity contribution in [3.05, 3.63) is 113 Å². The van der Waals surface area contributed by atoms with Gasteiger partial charge in [-0.1, -0.05) is 76.2 Å². The zero-order valence-electron chi connectivity index (χ0n) is 30.0. The number of imidazole rings is 1. The summed E-state index contributed by atoms with van der Waals surface area (Å²) >= 11 is 0. The van der Waals surface area contributed by atoms with Gasteiger partial charge < -0.3 is 4.42 Å². The van der Waals surface area contributed by atoms with Crippen LogP contribution in [0.15, 0.2) is 83.9 Å². The van der Waals surface area contributed by atoms with E-state index >= 15 is 0 Å². The number of aromatic nitrogens is 3. The molecule has 0 unspecified atom stereocenters. The number of hydrogen-bond acceptors (Lipinski definition) is 1. The molecule has 0 amide bonds. The fourth-order valence-corrected chi connectivity index (χ4v) is 8.50. The maximum atomic E-state index is 6.85. The van der Waals surface area contributed by atoms with Gasteiger partial charge in [-0.25, -0.2) is 13.7 Å². The molecule has 1 aliphatic heterocycles. The molecule has 4 nitrogen and oxygen atoms in total. The zero-order valence-corrected chi connectivity index (χ0v) is 30.0. The lowest BCUT2D eigenvalue weighted by molar-refractivity contribution is -0.662. The maximum Gasteiger partial charge on any atom is 0.290 e. The highest BCUT2D eigenvalue weighted by molar-refractivity contribution is 6.12. The second kappa shape index (κ2) is 12.1. The van der Waals surface area contributed by atoms with E-state index in [0.29, 0.717) is 0 Å². The summed E-state index contributed by atoms with van der Waals surface area (Å²) in [6.45, 7) is 18.3. The van der Waals surface area contributed by atoms with Crippen LogP contribution in [0.1, 0.15) is 86.5 Å². The number of benzene rings is 3. The van der Waals surface area contributed by atoms with Crippen LogP contribution < -0.4 is 9.13 Å². The van der Waals surface area contributed by atoms with Crippen molar-refractivity contribution in [1.29, 1.82) is 0 Å². The monoisotopic (exact) mass is 635 g/mol. The number of aryl methyl sites for hydroxylation is 3. The van der Waals surface area contributed by atoms with Gasteiger partial charge in [0.2, 0.25) is 5.69 Å². The van der Waals surface area contributed by atoms with Crippen LogP contribution in [0.4, 0.5) is 0 Å². The minimum absolute atomic E-state index is 0.327. The molecule has 3 aromatic heterocycles. The molecule has 3 aromatic carbocycles. The molecule has 4 heteroatoms. The minimum Gasteiger partial charge on any atom is -0.455 e. The number of fused-ring (bicyclic) bond motifs is 6. The van der Waals surface area contributed by atoms with Gasteiger partial charge in [-0.2, -0.15) is 0 Å². The van der Waals surface area contributed by atoms with Gasteiger partial charge in [-0.05, 0) is 86.1 Å². The Morgan fingerprint density at radius 1 is 0.854 bits per heavy atom. The Morgan fingerprint density at radius 3 is 2.33 bits per heavy atom. The first-order valence-electron chi connectivity index (χ1n) is 17.7. The predicted octanol–water partition coefficient (Wildman–Crippen LogP) is 10.6. The molecule has 0 saturated carbocycles. The van der Waals surface area contributed by atoms with Gasteiger partial charge in [0.05, 0.1) is 18.2 Å². The molecule has 0 N–H and O–H groups in total. The van der Waals surface area contributed by atoms with E-state index in [9.17, 15) is 0 Å². The van der Waals surface area contributed by atoms with Crippen LogP contribution in [0.2, 0.25) is 0 Å². The minimum atomic E-state index is -0.327. The van der Waals surface area contributed by atoms with E-state index in [1.165, 1.54) is 56.2 Å². The fourth-order valence-electron chi connectivity index (χ4n) is 8.50. The number of rotatable bonds is 8. The number of hydrogen-bond donors (Lipinski definition) is 0. The Balaban J connectivity index is 1.63. The lowest BCUT2D eigenvalue weighted by Crippen LogP contribution is -2.39. The van der Waals surface area contributed by atoms with Gasteiger partial charge in [-0.3, -0.25) is 0 Å². The number of furan rings is 1. The normalized spacial score (nSPS) is 13.8. The van der Waals surface area contributed by atoms with Crippen LogP contribution in [0, 0.1) is 20.8 Å². The molecule has 48 heavy (non-hydrogen) atoms. The Kier molecular flexibility index (Phi) is 8.02. The summed E-state index contributed by atoms with van der Waals surface area (Å²) in [6.07, 6.45) is 9.90. The molecule has 1 aliphatic rings. The molecule has 0 saturated heterocycles. The fraction of sp³-hybridized carbons (Fsp3) is 0.318. The summed E-state index contributed by atoms with van der Waals surface area (Å²) in [5, 5.41) is 2.30. The van der Waals surface area contributed by atoms with Crippen molar-refractivity contribution in [1.82, 2.24) is 4.57 Å². The van der Waals surface area contributed by atoms with Gasteiger partial charge in [-0.15, -0.1) is 0 Å². The molecule has 4 heterocycles. The first-order chi connectivity index (χ1) is 23.2. The van der Waals surface area contributed by atoms with Crippen LogP contribution in [-0.4, -0.2) is 4.57 Å². The van der Waals surface area contributed by atoms with Gasteiger partial charge >= 0.3 is 0 Å². The van der Waals surface area contributed by atoms with E-state index in [4.69, 9.17) is 4.42 Å². The van der Waals surface area contributed by atoms with Crippen molar-refractivity contribution in [2.45, 2.75) is 79.2 Å². The highest BCUT2D eigenvalue weighted by Gasteiger charge is 2.48. The van der Waals surface area contributed by atoms with Crippen LogP contribution in [0.3, 0.4) is 0 Å². The third kappa shape index (κ3) is 4.63. The first kappa shape index (κ1) is 31.9. The molecule has 0 aliphatic carbocycles. The van der Waals surface area contributed by atoms with Crippen molar-refractivity contribution in [2.24, 2.45) is 14.1 Å². The molecule has 6 aromatic rings. The molecule has 0 spiro atoms. The van der Waals surface area contributed by atoms with Crippen molar-refractivity contribution in [2.75, 3.05) is 0 Å². The average molecular weight is 636 g/mol. The largest absolute Gasteiger partial charge is 0.455 e. The summed E-state index contributed by atoms with van der Waals surface area (Å²) in [7, 11) is 4.41. The van der Waals surface area contributed by atoms with Crippen LogP contribution in [-0.2, 0) is 19.6 Å². The van der Waals surface area contributed by atoms with Gasteiger partial charge in [0, 0.05) is 34.9 Å². The van der Waals surface area contributed by atoms with E-state index in [2.05, 4.69) is 155 Å². The lowest BCUT2D eigenvalue weighted by atomic mass is 9.77. The molecule has 0 bridgehead atoms. The molecular formula is C44H49N3O+2. The third-order valence-electron chi connectivity index (χ3n) is 11.1. The van der Waals surface area contributed by atoms with E-state index in [1.54, 1.807) is 0 Å². The predicted molar refractivity (Wildman–Crippen MR) is 201 cm³/mol. The summed E-state index contributed by atoms with van der Waals surface area (Å²) in [6, 6.07) is 24.4. The van der Waals surface area contributed by atoms with Crippen molar-refractivity contribution in [3.63, 3.8) is 0 Å². The molecule has 0 atom stereocenters. The highest BCUT2D eigenvalue weighted by atomic mass is 16.3. The molecule has 0 radical (unpaired) electrons. The smallest absolute Gasteiger partial charge is 0.290 e. The Bertz CT molecular complexity index is 2270. The number of nitrogens with zero attached hydrogens (tertiary/aromatic N) is 3.